The lowest BCUT2D eigenvalue weighted by Gasteiger charge is -2.28. The third kappa shape index (κ3) is 8.62. The van der Waals surface area contributed by atoms with Crippen LogP contribution in [0.5, 0.6) is 0 Å². The van der Waals surface area contributed by atoms with Gasteiger partial charge in [0.1, 0.15) is 0 Å². The Bertz CT molecular complexity index is 2960. The molecule has 0 N–H and O–H groups in total. The number of hydrogen-bond donors (Lipinski definition) is 0. The van der Waals surface area contributed by atoms with Crippen LogP contribution in [0.3, 0.4) is 0 Å². The van der Waals surface area contributed by atoms with Gasteiger partial charge in [-0.1, -0.05) is 172 Å². The van der Waals surface area contributed by atoms with E-state index in [9.17, 15) is 0 Å². The number of hydrogen-bond acceptors (Lipinski definition) is 1. The second kappa shape index (κ2) is 18.4. The van der Waals surface area contributed by atoms with Crippen molar-refractivity contribution in [2.75, 3.05) is 4.90 Å². The normalized spacial score (nSPS) is 15.8. The third-order valence-corrected chi connectivity index (χ3v) is 11.7. The topological polar surface area (TPSA) is 8.17 Å². The molecule has 6 aromatic carbocycles. The molecule has 7 aromatic rings. The van der Waals surface area contributed by atoms with Gasteiger partial charge in [0.05, 0.1) is 16.7 Å². The number of nitrogens with zero attached hydrogens (tertiary/aromatic N) is 2. The highest BCUT2D eigenvalue weighted by molar-refractivity contribution is 6.11. The second-order valence-corrected chi connectivity index (χ2v) is 15.9. The van der Waals surface area contributed by atoms with E-state index in [4.69, 9.17) is 0 Å². The van der Waals surface area contributed by atoms with Crippen molar-refractivity contribution < 1.29 is 0 Å². The minimum absolute atomic E-state index is 0.788. The first-order valence-electron chi connectivity index (χ1n) is 21.5. The van der Waals surface area contributed by atoms with Crippen molar-refractivity contribution in [2.45, 2.75) is 47.0 Å². The summed E-state index contributed by atoms with van der Waals surface area (Å²) in [5.41, 5.74) is 18.8. The molecule has 300 valence electrons. The number of aromatic nitrogens is 1. The summed E-state index contributed by atoms with van der Waals surface area (Å²) in [5.74, 6) is 0. The molecule has 61 heavy (non-hydrogen) atoms. The van der Waals surface area contributed by atoms with Crippen LogP contribution in [0.25, 0.3) is 61.4 Å². The summed E-state index contributed by atoms with van der Waals surface area (Å²) in [5, 5.41) is 2.50. The molecule has 8 rings (SSSR count). The minimum Gasteiger partial charge on any atom is -0.316 e. The quantitative estimate of drug-likeness (QED) is 0.119. The molecular formula is C59H54N2. The van der Waals surface area contributed by atoms with Gasteiger partial charge in [-0.15, -0.1) is 0 Å². The maximum atomic E-state index is 4.56. The summed E-state index contributed by atoms with van der Waals surface area (Å²) < 4.78 is 2.37. The van der Waals surface area contributed by atoms with E-state index in [1.54, 1.807) is 6.08 Å². The summed E-state index contributed by atoms with van der Waals surface area (Å²) in [4.78, 5) is 2.43. The van der Waals surface area contributed by atoms with Gasteiger partial charge in [-0.05, 0) is 132 Å². The molecule has 0 saturated carbocycles. The molecule has 0 spiro atoms. The Morgan fingerprint density at radius 3 is 2.25 bits per heavy atom. The predicted molar refractivity (Wildman–Crippen MR) is 267 cm³/mol. The average Bonchev–Trinajstić information content (AvgIpc) is 3.62. The standard InChI is InChI=1S/C59H54N2/c1-7-10-11-12-14-23-45-36-51(46-24-15-13-16-25-46)39-52(37-45)60-41-56(53-26-18-17-22-43(53)5)49(21-8-2)35-42(4)29-30-50-38-47(31-33-57(50)60)48-32-34-59-55(40-48)54-27-19-20-28-58(54)61(59)44(6)9-3/h7,9-20,22,24-41H,1,4,8,21,23H2,2-3,5-6H3/b11-10-,14-12-,30-29-,44-9+,49-35-,56-41+. The lowest BCUT2D eigenvalue weighted by atomic mass is 9.90. The Morgan fingerprint density at radius 2 is 1.44 bits per heavy atom. The van der Waals surface area contributed by atoms with E-state index in [1.807, 2.05) is 12.2 Å². The van der Waals surface area contributed by atoms with Crippen molar-refractivity contribution in [1.82, 2.24) is 4.57 Å². The van der Waals surface area contributed by atoms with E-state index in [0.717, 1.165) is 47.3 Å². The fraction of sp³-hybridized carbons (Fsp3) is 0.119. The molecule has 0 saturated heterocycles. The number of benzene rings is 6. The van der Waals surface area contributed by atoms with E-state index in [-0.39, 0.29) is 0 Å². The first kappa shape index (κ1) is 40.6. The molecule has 2 heteroatoms. The summed E-state index contributed by atoms with van der Waals surface area (Å²) in [6.07, 6.45) is 24.1. The van der Waals surface area contributed by atoms with Crippen LogP contribution in [0.1, 0.15) is 55.9 Å². The summed E-state index contributed by atoms with van der Waals surface area (Å²) in [6.45, 7) is 17.2. The Balaban J connectivity index is 1.37. The zero-order chi connectivity index (χ0) is 42.3. The van der Waals surface area contributed by atoms with Gasteiger partial charge in [-0.2, -0.15) is 0 Å². The SMILES string of the molecule is C=C/C=C\C=C/Cc1cc(-c2ccccc2)cc(N2/C=C(c3ccccc3C)\C(CCC)=C/C(=C)/C=C\c3cc(-c4ccc5c(c4)c4ccccc4n5/C(C)=C/C)ccc32)c1. The molecule has 0 amide bonds. The predicted octanol–water partition coefficient (Wildman–Crippen LogP) is 16.6. The maximum Gasteiger partial charge on any atom is 0.0538 e. The second-order valence-electron chi connectivity index (χ2n) is 15.9. The molecule has 1 aliphatic rings. The van der Waals surface area contributed by atoms with E-state index < -0.39 is 0 Å². The van der Waals surface area contributed by atoms with Gasteiger partial charge in [0.25, 0.3) is 0 Å². The first-order valence-corrected chi connectivity index (χ1v) is 21.5. The highest BCUT2D eigenvalue weighted by Crippen LogP contribution is 2.41. The number of fused-ring (bicyclic) bond motifs is 4. The Kier molecular flexibility index (Phi) is 12.3. The molecule has 2 heterocycles. The van der Waals surface area contributed by atoms with Gasteiger partial charge in [0, 0.05) is 33.9 Å². The number of allylic oxidation sites excluding steroid dienone is 12. The van der Waals surface area contributed by atoms with Gasteiger partial charge in [0.15, 0.2) is 0 Å². The molecule has 1 aliphatic heterocycles. The van der Waals surface area contributed by atoms with Crippen LogP contribution < -0.4 is 4.90 Å². The maximum absolute atomic E-state index is 4.56. The summed E-state index contributed by atoms with van der Waals surface area (Å²) in [7, 11) is 0. The molecule has 0 aliphatic carbocycles. The van der Waals surface area contributed by atoms with E-state index >= 15 is 0 Å². The molecule has 2 nitrogen and oxygen atoms in total. The van der Waals surface area contributed by atoms with Gasteiger partial charge in [-0.3, -0.25) is 0 Å². The first-order chi connectivity index (χ1) is 29.9. The molecule has 1 aromatic heterocycles. The monoisotopic (exact) mass is 790 g/mol. The van der Waals surface area contributed by atoms with Crippen LogP contribution in [0.4, 0.5) is 11.4 Å². The van der Waals surface area contributed by atoms with Crippen LogP contribution in [-0.2, 0) is 6.42 Å². The molecule has 0 bridgehead atoms. The zero-order valence-electron chi connectivity index (χ0n) is 35.9. The largest absolute Gasteiger partial charge is 0.316 e. The number of aryl methyl sites for hydroxylation is 1. The lowest BCUT2D eigenvalue weighted by molar-refractivity contribution is 0.928. The van der Waals surface area contributed by atoms with Crippen LogP contribution in [0, 0.1) is 6.92 Å². The van der Waals surface area contributed by atoms with Crippen LogP contribution in [0.15, 0.2) is 213 Å². The fourth-order valence-corrected chi connectivity index (χ4v) is 8.54. The van der Waals surface area contributed by atoms with Crippen molar-refractivity contribution in [3.63, 3.8) is 0 Å². The van der Waals surface area contributed by atoms with Gasteiger partial charge < -0.3 is 9.47 Å². The summed E-state index contributed by atoms with van der Waals surface area (Å²) in [6, 6.07) is 49.1. The molecule has 0 atom stereocenters. The highest BCUT2D eigenvalue weighted by Gasteiger charge is 2.20. The van der Waals surface area contributed by atoms with Crippen molar-refractivity contribution in [2.24, 2.45) is 0 Å². The average molecular weight is 791 g/mol. The Labute approximate surface area is 362 Å². The number of para-hydroxylation sites is 1. The molecule has 0 unspecified atom stereocenters. The van der Waals surface area contributed by atoms with Crippen LogP contribution in [0.2, 0.25) is 0 Å². The van der Waals surface area contributed by atoms with Crippen LogP contribution >= 0.6 is 0 Å². The summed E-state index contributed by atoms with van der Waals surface area (Å²) >= 11 is 0. The van der Waals surface area contributed by atoms with Crippen molar-refractivity contribution in [3.8, 4) is 22.3 Å². The van der Waals surface area contributed by atoms with Crippen molar-refractivity contribution in [1.29, 1.82) is 0 Å². The zero-order valence-corrected chi connectivity index (χ0v) is 35.9. The molecule has 0 radical (unpaired) electrons. The van der Waals surface area contributed by atoms with Gasteiger partial charge in [-0.25, -0.2) is 0 Å². The number of rotatable bonds is 11. The van der Waals surface area contributed by atoms with E-state index in [1.165, 1.54) is 72.0 Å². The Hall–Kier alpha value is -7.16. The van der Waals surface area contributed by atoms with Gasteiger partial charge >= 0.3 is 0 Å². The van der Waals surface area contributed by atoms with E-state index in [0.29, 0.717) is 0 Å². The highest BCUT2D eigenvalue weighted by atomic mass is 15.1. The Morgan fingerprint density at radius 1 is 0.689 bits per heavy atom. The van der Waals surface area contributed by atoms with Crippen molar-refractivity contribution >= 4 is 50.5 Å². The minimum atomic E-state index is 0.788. The van der Waals surface area contributed by atoms with Gasteiger partial charge in [0.2, 0.25) is 0 Å². The van der Waals surface area contributed by atoms with E-state index in [2.05, 4.69) is 226 Å². The third-order valence-electron chi connectivity index (χ3n) is 11.7. The lowest BCUT2D eigenvalue weighted by Crippen LogP contribution is -2.13. The fourth-order valence-electron chi connectivity index (χ4n) is 8.54. The smallest absolute Gasteiger partial charge is 0.0538 e. The molecule has 0 fully saturated rings. The number of anilines is 2. The molecular weight excluding hydrogens is 737 g/mol. The van der Waals surface area contributed by atoms with Crippen molar-refractivity contribution in [3.05, 3.63) is 235 Å². The van der Waals surface area contributed by atoms with Crippen LogP contribution in [-0.4, -0.2) is 4.57 Å².